The Kier molecular flexibility index (Phi) is 3.37. The molecule has 1 saturated heterocycles. The van der Waals surface area contributed by atoms with Gasteiger partial charge in [-0.05, 0) is 49.5 Å². The maximum absolute atomic E-state index is 4.68. The number of piperidine rings is 1. The van der Waals surface area contributed by atoms with Crippen LogP contribution in [0, 0.1) is 11.8 Å². The second kappa shape index (κ2) is 5.24. The summed E-state index contributed by atoms with van der Waals surface area (Å²) in [5, 5.41) is 1.37. The average molecular weight is 301 g/mol. The van der Waals surface area contributed by atoms with Gasteiger partial charge in [0.05, 0.1) is 5.39 Å². The van der Waals surface area contributed by atoms with Crippen molar-refractivity contribution in [3.63, 3.8) is 0 Å². The fourth-order valence-corrected chi connectivity index (χ4v) is 4.90. The fourth-order valence-electron chi connectivity index (χ4n) is 3.73. The summed E-state index contributed by atoms with van der Waals surface area (Å²) in [6, 6.07) is 0. The third-order valence-electron chi connectivity index (χ3n) is 5.15. The minimum atomic E-state index is 0.796. The molecular formula is C17H23N3S. The van der Waals surface area contributed by atoms with Gasteiger partial charge in [-0.2, -0.15) is 0 Å². The highest BCUT2D eigenvalue weighted by molar-refractivity contribution is 7.19. The van der Waals surface area contributed by atoms with E-state index < -0.39 is 0 Å². The predicted molar refractivity (Wildman–Crippen MR) is 89.2 cm³/mol. The van der Waals surface area contributed by atoms with Gasteiger partial charge < -0.3 is 4.90 Å². The topological polar surface area (TPSA) is 29.0 Å². The summed E-state index contributed by atoms with van der Waals surface area (Å²) < 4.78 is 0. The third-order valence-corrected chi connectivity index (χ3v) is 6.35. The van der Waals surface area contributed by atoms with E-state index in [2.05, 4.69) is 28.7 Å². The lowest BCUT2D eigenvalue weighted by Gasteiger charge is -2.32. The maximum atomic E-state index is 4.68. The van der Waals surface area contributed by atoms with Crippen molar-refractivity contribution in [1.29, 1.82) is 0 Å². The molecule has 3 heterocycles. The molecule has 2 aromatic rings. The highest BCUT2D eigenvalue weighted by Gasteiger charge is 2.26. The Morgan fingerprint density at radius 2 is 1.90 bits per heavy atom. The SMILES string of the molecule is CC1CCN(c2ncnc3sc4c(c23)CC(C)CC4)CC1. The molecule has 1 aliphatic carbocycles. The Labute approximate surface area is 130 Å². The lowest BCUT2D eigenvalue weighted by molar-refractivity contribution is 0.437. The second-order valence-corrected chi connectivity index (χ2v) is 7.98. The van der Waals surface area contributed by atoms with Crippen LogP contribution in [0.25, 0.3) is 10.2 Å². The number of nitrogens with zero attached hydrogens (tertiary/aromatic N) is 3. The van der Waals surface area contributed by atoms with Crippen LogP contribution in [-0.4, -0.2) is 23.1 Å². The van der Waals surface area contributed by atoms with Crippen LogP contribution in [0.3, 0.4) is 0 Å². The normalized spacial score (nSPS) is 23.5. The first kappa shape index (κ1) is 13.5. The molecule has 4 heteroatoms. The number of fused-ring (bicyclic) bond motifs is 3. The predicted octanol–water partition coefficient (Wildman–Crippen LogP) is 4.05. The van der Waals surface area contributed by atoms with Crippen LogP contribution in [0.4, 0.5) is 5.82 Å². The molecule has 0 radical (unpaired) electrons. The van der Waals surface area contributed by atoms with Crippen molar-refractivity contribution in [1.82, 2.24) is 9.97 Å². The number of rotatable bonds is 1. The molecule has 0 spiro atoms. The number of hydrogen-bond donors (Lipinski definition) is 0. The molecule has 1 unspecified atom stereocenters. The lowest BCUT2D eigenvalue weighted by atomic mass is 9.88. The number of aromatic nitrogens is 2. The van der Waals surface area contributed by atoms with E-state index in [1.165, 1.54) is 48.1 Å². The number of anilines is 1. The van der Waals surface area contributed by atoms with Crippen molar-refractivity contribution in [3.05, 3.63) is 16.8 Å². The van der Waals surface area contributed by atoms with Gasteiger partial charge in [-0.1, -0.05) is 13.8 Å². The van der Waals surface area contributed by atoms with Gasteiger partial charge in [0.25, 0.3) is 0 Å². The average Bonchev–Trinajstić information content (AvgIpc) is 2.86. The van der Waals surface area contributed by atoms with Crippen LogP contribution < -0.4 is 4.90 Å². The van der Waals surface area contributed by atoms with Crippen LogP contribution >= 0.6 is 11.3 Å². The van der Waals surface area contributed by atoms with Crippen molar-refractivity contribution in [2.45, 2.75) is 46.0 Å². The molecule has 2 aliphatic rings. The van der Waals surface area contributed by atoms with Gasteiger partial charge in [0, 0.05) is 18.0 Å². The number of hydrogen-bond acceptors (Lipinski definition) is 4. The van der Waals surface area contributed by atoms with Crippen molar-refractivity contribution < 1.29 is 0 Å². The lowest BCUT2D eigenvalue weighted by Crippen LogP contribution is -2.33. The summed E-state index contributed by atoms with van der Waals surface area (Å²) in [5.41, 5.74) is 1.56. The van der Waals surface area contributed by atoms with Gasteiger partial charge in [-0.3, -0.25) is 0 Å². The summed E-state index contributed by atoms with van der Waals surface area (Å²) in [5.74, 6) is 2.86. The van der Waals surface area contributed by atoms with Gasteiger partial charge >= 0.3 is 0 Å². The minimum Gasteiger partial charge on any atom is -0.356 e. The second-order valence-electron chi connectivity index (χ2n) is 6.90. The van der Waals surface area contributed by atoms with Crippen molar-refractivity contribution in [2.24, 2.45) is 11.8 Å². The van der Waals surface area contributed by atoms with Crippen LogP contribution in [0.15, 0.2) is 6.33 Å². The van der Waals surface area contributed by atoms with Gasteiger partial charge in [0.15, 0.2) is 0 Å². The fraction of sp³-hybridized carbons (Fsp3) is 0.647. The molecule has 112 valence electrons. The standard InChI is InChI=1S/C17H23N3S/c1-11-5-7-20(8-6-11)16-15-13-9-12(2)3-4-14(13)21-17(15)19-10-18-16/h10-12H,3-9H2,1-2H3. The zero-order chi connectivity index (χ0) is 14.4. The third kappa shape index (κ3) is 2.33. The van der Waals surface area contributed by atoms with Crippen molar-refractivity contribution in [2.75, 3.05) is 18.0 Å². The summed E-state index contributed by atoms with van der Waals surface area (Å²) in [7, 11) is 0. The summed E-state index contributed by atoms with van der Waals surface area (Å²) >= 11 is 1.90. The monoisotopic (exact) mass is 301 g/mol. The zero-order valence-electron chi connectivity index (χ0n) is 12.9. The van der Waals surface area contributed by atoms with Crippen LogP contribution in [0.1, 0.15) is 43.6 Å². The Balaban J connectivity index is 1.80. The molecule has 0 aromatic carbocycles. The Bertz CT molecular complexity index is 655. The van der Waals surface area contributed by atoms with Gasteiger partial charge in [0.2, 0.25) is 0 Å². The molecule has 1 aliphatic heterocycles. The first-order chi connectivity index (χ1) is 10.2. The molecule has 4 rings (SSSR count). The molecule has 0 N–H and O–H groups in total. The van der Waals surface area contributed by atoms with E-state index in [1.807, 2.05) is 11.3 Å². The van der Waals surface area contributed by atoms with E-state index in [-0.39, 0.29) is 0 Å². The van der Waals surface area contributed by atoms with Gasteiger partial charge in [-0.15, -0.1) is 11.3 Å². The van der Waals surface area contributed by atoms with Gasteiger partial charge in [-0.25, -0.2) is 9.97 Å². The smallest absolute Gasteiger partial charge is 0.141 e. The number of thiophene rings is 1. The molecule has 3 nitrogen and oxygen atoms in total. The first-order valence-corrected chi connectivity index (χ1v) is 9.04. The minimum absolute atomic E-state index is 0.796. The van der Waals surface area contributed by atoms with Gasteiger partial charge in [0.1, 0.15) is 17.0 Å². The van der Waals surface area contributed by atoms with E-state index in [0.29, 0.717) is 0 Å². The quantitative estimate of drug-likeness (QED) is 0.795. The van der Waals surface area contributed by atoms with Crippen LogP contribution in [-0.2, 0) is 12.8 Å². The van der Waals surface area contributed by atoms with Crippen LogP contribution in [0.5, 0.6) is 0 Å². The van der Waals surface area contributed by atoms with E-state index in [9.17, 15) is 0 Å². The van der Waals surface area contributed by atoms with Crippen molar-refractivity contribution >= 4 is 27.4 Å². The Morgan fingerprint density at radius 3 is 2.71 bits per heavy atom. The van der Waals surface area contributed by atoms with E-state index in [4.69, 9.17) is 0 Å². The van der Waals surface area contributed by atoms with Crippen molar-refractivity contribution in [3.8, 4) is 0 Å². The molecule has 2 aromatic heterocycles. The molecule has 1 atom stereocenters. The van der Waals surface area contributed by atoms with E-state index >= 15 is 0 Å². The molecule has 1 fully saturated rings. The first-order valence-electron chi connectivity index (χ1n) is 8.22. The zero-order valence-corrected chi connectivity index (χ0v) is 13.7. The summed E-state index contributed by atoms with van der Waals surface area (Å²) in [4.78, 5) is 14.5. The van der Waals surface area contributed by atoms with E-state index in [1.54, 1.807) is 16.8 Å². The highest BCUT2D eigenvalue weighted by atomic mass is 32.1. The molecule has 0 saturated carbocycles. The molecular weight excluding hydrogens is 278 g/mol. The Morgan fingerprint density at radius 1 is 1.10 bits per heavy atom. The number of aryl methyl sites for hydroxylation is 1. The summed E-state index contributed by atoms with van der Waals surface area (Å²) in [6.07, 6.45) is 8.10. The maximum Gasteiger partial charge on any atom is 0.141 e. The largest absolute Gasteiger partial charge is 0.356 e. The molecule has 0 amide bonds. The summed E-state index contributed by atoms with van der Waals surface area (Å²) in [6.45, 7) is 7.03. The van der Waals surface area contributed by atoms with Crippen LogP contribution in [0.2, 0.25) is 0 Å². The molecule has 0 bridgehead atoms. The Hall–Kier alpha value is -1.16. The highest BCUT2D eigenvalue weighted by Crippen LogP contribution is 2.41. The molecule has 21 heavy (non-hydrogen) atoms. The van der Waals surface area contributed by atoms with E-state index in [0.717, 1.165) is 24.9 Å².